The molecule has 8 nitrogen and oxygen atoms in total. The van der Waals surface area contributed by atoms with E-state index in [1.807, 2.05) is 31.9 Å². The molecule has 2 N–H and O–H groups in total. The van der Waals surface area contributed by atoms with Crippen LogP contribution in [0.25, 0.3) is 11.0 Å². The Bertz CT molecular complexity index is 930. The molecule has 1 atom stereocenters. The van der Waals surface area contributed by atoms with Crippen molar-refractivity contribution in [3.05, 3.63) is 23.0 Å². The Morgan fingerprint density at radius 3 is 2.61 bits per heavy atom. The fourth-order valence-corrected chi connectivity index (χ4v) is 3.99. The molecule has 0 radical (unpaired) electrons. The standard InChI is InChI=1S/C20H28N6O2/c1-11(2)22-20(28)26-8-7-13(10-26)17-16-14(19(27)21-3)9-15(12-5-6-12)23-18(16)25(4)24-17/h9,11-13H,5-8,10H2,1-4H3,(H,21,27)(H,22,28). The Hall–Kier alpha value is -2.64. The molecule has 1 aliphatic carbocycles. The van der Waals surface area contributed by atoms with Gasteiger partial charge in [0.1, 0.15) is 0 Å². The van der Waals surface area contributed by atoms with Gasteiger partial charge in [0.25, 0.3) is 5.91 Å². The molecular weight excluding hydrogens is 356 g/mol. The normalized spacial score (nSPS) is 19.5. The van der Waals surface area contributed by atoms with Gasteiger partial charge in [-0.05, 0) is 39.2 Å². The Morgan fingerprint density at radius 1 is 1.21 bits per heavy atom. The largest absolute Gasteiger partial charge is 0.355 e. The summed E-state index contributed by atoms with van der Waals surface area (Å²) >= 11 is 0. The van der Waals surface area contributed by atoms with E-state index >= 15 is 0 Å². The third-order valence-corrected chi connectivity index (χ3v) is 5.58. The molecular formula is C20H28N6O2. The number of aryl methyl sites for hydroxylation is 1. The van der Waals surface area contributed by atoms with Crippen LogP contribution in [-0.2, 0) is 7.05 Å². The SMILES string of the molecule is CNC(=O)c1cc(C2CC2)nc2c1c(C1CCN(C(=O)NC(C)C)C1)nn2C. The molecule has 4 rings (SSSR count). The molecule has 2 fully saturated rings. The zero-order valence-electron chi connectivity index (χ0n) is 17.0. The van der Waals surface area contributed by atoms with Gasteiger partial charge >= 0.3 is 6.03 Å². The molecule has 2 aromatic rings. The van der Waals surface area contributed by atoms with Crippen LogP contribution >= 0.6 is 0 Å². The number of hydrogen-bond donors (Lipinski definition) is 2. The van der Waals surface area contributed by atoms with Gasteiger partial charge in [-0.2, -0.15) is 5.10 Å². The molecule has 3 heterocycles. The monoisotopic (exact) mass is 384 g/mol. The van der Waals surface area contributed by atoms with Gasteiger partial charge in [-0.25, -0.2) is 9.78 Å². The summed E-state index contributed by atoms with van der Waals surface area (Å²) in [4.78, 5) is 31.7. The number of hydrogen-bond acceptors (Lipinski definition) is 4. The summed E-state index contributed by atoms with van der Waals surface area (Å²) in [5, 5.41) is 11.3. The third kappa shape index (κ3) is 3.31. The van der Waals surface area contributed by atoms with Gasteiger partial charge in [0.15, 0.2) is 5.65 Å². The van der Waals surface area contributed by atoms with Gasteiger partial charge < -0.3 is 15.5 Å². The summed E-state index contributed by atoms with van der Waals surface area (Å²) in [7, 11) is 3.52. The highest BCUT2D eigenvalue weighted by atomic mass is 16.2. The number of carbonyl (C=O) groups excluding carboxylic acids is 2. The number of aromatic nitrogens is 3. The first-order valence-electron chi connectivity index (χ1n) is 10.0. The number of carbonyl (C=O) groups is 2. The Morgan fingerprint density at radius 2 is 1.96 bits per heavy atom. The van der Waals surface area contributed by atoms with Crippen LogP contribution in [0.4, 0.5) is 4.79 Å². The number of nitrogens with zero attached hydrogens (tertiary/aromatic N) is 4. The van der Waals surface area contributed by atoms with E-state index in [2.05, 4.69) is 10.6 Å². The summed E-state index contributed by atoms with van der Waals surface area (Å²) in [6.07, 6.45) is 3.08. The van der Waals surface area contributed by atoms with Crippen LogP contribution in [0.3, 0.4) is 0 Å². The minimum atomic E-state index is -0.115. The van der Waals surface area contributed by atoms with Crippen LogP contribution in [-0.4, -0.2) is 57.8 Å². The summed E-state index contributed by atoms with van der Waals surface area (Å²) in [5.41, 5.74) is 3.24. The smallest absolute Gasteiger partial charge is 0.317 e. The van der Waals surface area contributed by atoms with Crippen LogP contribution in [0, 0.1) is 0 Å². The van der Waals surface area contributed by atoms with Crippen molar-refractivity contribution in [2.45, 2.75) is 51.0 Å². The highest BCUT2D eigenvalue weighted by molar-refractivity contribution is 6.06. The van der Waals surface area contributed by atoms with Gasteiger partial charge in [-0.15, -0.1) is 0 Å². The molecule has 2 aliphatic rings. The first-order chi connectivity index (χ1) is 13.4. The van der Waals surface area contributed by atoms with Crippen molar-refractivity contribution in [2.24, 2.45) is 7.05 Å². The summed E-state index contributed by atoms with van der Waals surface area (Å²) in [6.45, 7) is 5.19. The van der Waals surface area contributed by atoms with Crippen LogP contribution < -0.4 is 10.6 Å². The van der Waals surface area contributed by atoms with E-state index in [0.717, 1.165) is 41.7 Å². The fraction of sp³-hybridized carbons (Fsp3) is 0.600. The number of likely N-dealkylation sites (tertiary alicyclic amines) is 1. The highest BCUT2D eigenvalue weighted by Crippen LogP contribution is 2.41. The van der Waals surface area contributed by atoms with Crippen molar-refractivity contribution in [3.8, 4) is 0 Å². The van der Waals surface area contributed by atoms with Gasteiger partial charge in [0, 0.05) is 50.8 Å². The average molecular weight is 384 g/mol. The molecule has 1 unspecified atom stereocenters. The van der Waals surface area contributed by atoms with E-state index in [4.69, 9.17) is 10.1 Å². The predicted octanol–water partition coefficient (Wildman–Crippen LogP) is 2.11. The van der Waals surface area contributed by atoms with Crippen LogP contribution in [0.5, 0.6) is 0 Å². The maximum atomic E-state index is 12.6. The van der Waals surface area contributed by atoms with Crippen LogP contribution in [0.2, 0.25) is 0 Å². The minimum Gasteiger partial charge on any atom is -0.355 e. The lowest BCUT2D eigenvalue weighted by molar-refractivity contribution is 0.0964. The third-order valence-electron chi connectivity index (χ3n) is 5.58. The van der Waals surface area contributed by atoms with Crippen molar-refractivity contribution < 1.29 is 9.59 Å². The zero-order chi connectivity index (χ0) is 20.0. The molecule has 2 aromatic heterocycles. The number of fused-ring (bicyclic) bond motifs is 1. The highest BCUT2D eigenvalue weighted by Gasteiger charge is 2.34. The molecule has 1 saturated heterocycles. The number of nitrogens with one attached hydrogen (secondary N) is 2. The van der Waals surface area contributed by atoms with Gasteiger partial charge in [-0.3, -0.25) is 9.48 Å². The van der Waals surface area contributed by atoms with Crippen molar-refractivity contribution in [1.82, 2.24) is 30.3 Å². The number of pyridine rings is 1. The molecule has 1 aliphatic heterocycles. The van der Waals surface area contributed by atoms with E-state index in [1.165, 1.54) is 0 Å². The van der Waals surface area contributed by atoms with E-state index in [1.54, 1.807) is 11.7 Å². The van der Waals surface area contributed by atoms with Gasteiger partial charge in [0.2, 0.25) is 0 Å². The average Bonchev–Trinajstić information content (AvgIpc) is 3.30. The molecule has 0 aromatic carbocycles. The topological polar surface area (TPSA) is 92.2 Å². The summed E-state index contributed by atoms with van der Waals surface area (Å²) in [6, 6.07) is 1.99. The second-order valence-corrected chi connectivity index (χ2v) is 8.19. The number of amides is 3. The second kappa shape index (κ2) is 7.07. The Labute approximate surface area is 164 Å². The lowest BCUT2D eigenvalue weighted by atomic mass is 9.98. The quantitative estimate of drug-likeness (QED) is 0.844. The van der Waals surface area contributed by atoms with E-state index in [0.29, 0.717) is 24.6 Å². The predicted molar refractivity (Wildman–Crippen MR) is 106 cm³/mol. The molecule has 1 saturated carbocycles. The van der Waals surface area contributed by atoms with Crippen molar-refractivity contribution >= 4 is 23.0 Å². The van der Waals surface area contributed by atoms with E-state index in [9.17, 15) is 9.59 Å². The molecule has 0 spiro atoms. The lowest BCUT2D eigenvalue weighted by Crippen LogP contribution is -2.41. The van der Waals surface area contributed by atoms with Crippen molar-refractivity contribution in [2.75, 3.05) is 20.1 Å². The maximum Gasteiger partial charge on any atom is 0.317 e. The molecule has 8 heteroatoms. The minimum absolute atomic E-state index is 0.0431. The molecule has 3 amide bonds. The van der Waals surface area contributed by atoms with Crippen molar-refractivity contribution in [3.63, 3.8) is 0 Å². The van der Waals surface area contributed by atoms with E-state index in [-0.39, 0.29) is 23.9 Å². The summed E-state index contributed by atoms with van der Waals surface area (Å²) in [5.74, 6) is 0.433. The second-order valence-electron chi connectivity index (χ2n) is 8.19. The molecule has 150 valence electrons. The number of urea groups is 1. The zero-order valence-corrected chi connectivity index (χ0v) is 17.0. The first kappa shape index (κ1) is 18.7. The Balaban J connectivity index is 1.72. The van der Waals surface area contributed by atoms with Gasteiger partial charge in [-0.1, -0.05) is 0 Å². The van der Waals surface area contributed by atoms with E-state index < -0.39 is 0 Å². The van der Waals surface area contributed by atoms with Crippen LogP contribution in [0.15, 0.2) is 6.07 Å². The summed E-state index contributed by atoms with van der Waals surface area (Å²) < 4.78 is 1.78. The van der Waals surface area contributed by atoms with Crippen molar-refractivity contribution in [1.29, 1.82) is 0 Å². The fourth-order valence-electron chi connectivity index (χ4n) is 3.99. The molecule has 0 bridgehead atoms. The number of rotatable bonds is 4. The lowest BCUT2D eigenvalue weighted by Gasteiger charge is -2.19. The molecule has 28 heavy (non-hydrogen) atoms. The first-order valence-corrected chi connectivity index (χ1v) is 10.0. The van der Waals surface area contributed by atoms with Crippen LogP contribution in [0.1, 0.15) is 66.7 Å². The Kier molecular flexibility index (Phi) is 4.72. The van der Waals surface area contributed by atoms with Gasteiger partial charge in [0.05, 0.1) is 16.6 Å². The maximum absolute atomic E-state index is 12.6.